The first-order valence-corrected chi connectivity index (χ1v) is 58.5. The third kappa shape index (κ3) is 14.8. The van der Waals surface area contributed by atoms with Crippen LogP contribution in [0.4, 0.5) is 34.1 Å². The molecule has 2 nitrogen and oxygen atoms in total. The van der Waals surface area contributed by atoms with Crippen LogP contribution >= 0.6 is 0 Å². The monoisotopic (exact) mass is 1860 g/mol. The zero-order valence-corrected chi connectivity index (χ0v) is 84.6. The van der Waals surface area contributed by atoms with Gasteiger partial charge in [-0.1, -0.05) is 295 Å². The van der Waals surface area contributed by atoms with Crippen LogP contribution in [0.25, 0.3) is 98.7 Å². The Labute approximate surface area is 846 Å². The van der Waals surface area contributed by atoms with Crippen molar-refractivity contribution in [2.24, 2.45) is 71.0 Å². The molecule has 0 spiro atoms. The molecule has 20 aliphatic carbocycles. The molecule has 0 saturated heterocycles. The van der Waals surface area contributed by atoms with Crippen LogP contribution in [0.1, 0.15) is 351 Å². The van der Waals surface area contributed by atoms with Crippen molar-refractivity contribution in [2.45, 2.75) is 328 Å². The summed E-state index contributed by atoms with van der Waals surface area (Å²) in [6, 6.07) is 114. The van der Waals surface area contributed by atoms with E-state index < -0.39 is 0 Å². The van der Waals surface area contributed by atoms with Gasteiger partial charge in [0.25, 0.3) is 0 Å². The number of hydrogen-bond acceptors (Lipinski definition) is 2. The van der Waals surface area contributed by atoms with E-state index in [1.54, 1.807) is 44.5 Å². The minimum Gasteiger partial charge on any atom is -0.309 e. The Morgan fingerprint density at radius 2 is 0.394 bits per heavy atom. The second-order valence-electron chi connectivity index (χ2n) is 51.9. The van der Waals surface area contributed by atoms with Crippen molar-refractivity contribution in [2.75, 3.05) is 9.80 Å². The summed E-state index contributed by atoms with van der Waals surface area (Å²) in [5.74, 6) is 12.0. The molecule has 34 rings (SSSR count). The topological polar surface area (TPSA) is 6.48 Å². The van der Waals surface area contributed by atoms with E-state index in [9.17, 15) is 0 Å². The predicted molar refractivity (Wildman–Crippen MR) is 596 cm³/mol. The Balaban J connectivity index is 0.772. The molecule has 0 heterocycles. The Morgan fingerprint density at radius 3 is 0.627 bits per heavy atom. The van der Waals surface area contributed by atoms with Crippen molar-refractivity contribution in [3.63, 3.8) is 0 Å². The molecule has 0 aliphatic heterocycles. The quantitative estimate of drug-likeness (QED) is 0.0745. The third-order valence-corrected chi connectivity index (χ3v) is 43.0. The van der Waals surface area contributed by atoms with E-state index in [0.29, 0.717) is 23.7 Å². The van der Waals surface area contributed by atoms with Crippen molar-refractivity contribution in [3.05, 3.63) is 311 Å². The number of nitrogens with zero attached hydrogens (tertiary/aromatic N) is 2. The largest absolute Gasteiger partial charge is 0.309 e. The summed E-state index contributed by atoms with van der Waals surface area (Å²) in [6.45, 7) is 0. The van der Waals surface area contributed by atoms with E-state index in [-0.39, 0.29) is 21.7 Å². The summed E-state index contributed by atoms with van der Waals surface area (Å²) < 4.78 is 0. The van der Waals surface area contributed by atoms with Crippen molar-refractivity contribution in [3.8, 4) is 55.6 Å². The fraction of sp³-hybridized carbons (Fsp3) is 0.457. The standard InChI is InChI=1S/C140H148N2/c1-9-29-101(30-10-1)109-65-110(102-31-11-2-12-32-102)68-117(67-109)141(119-73-113(137-77-89-53-90(78-137)55-91(54-89)79-137)71-114(74-119)138-80-92-56-93(81-138)58-94(57-92)82-138)135-127-51-27-45-121(105-37-17-5-18-38-105)129(127)133(125-49-25-47-123(131(125)135)107-41-21-7-22-42-107)134-126-50-26-48-124(108-43-23-8-24-44-108)132(126)136(128-52-28-46-122(130(128)134)106-39-19-6-20-40-106)142(118-69-111(103-33-13-3-14-34-103)66-112(70-118)104-35-15-4-16-36-104)120-75-115(139-83-95-59-96(84-139)61-97(60-95)85-139)72-116(76-120)140-86-98-62-99(87-140)64-100(63-98)88-140/h5-8,17-28,37-52,65-76,89-104H,1-4,9-16,29-36,53-64,77-88H2. The highest BCUT2D eigenvalue weighted by atomic mass is 15.2. The van der Waals surface area contributed by atoms with Crippen LogP contribution < -0.4 is 9.80 Å². The first kappa shape index (κ1) is 87.1. The maximum Gasteiger partial charge on any atom is 0.0625 e. The maximum atomic E-state index is 3.10. The van der Waals surface area contributed by atoms with Gasteiger partial charge in [-0.3, -0.25) is 0 Å². The van der Waals surface area contributed by atoms with Gasteiger partial charge in [-0.05, 0) is 481 Å². The van der Waals surface area contributed by atoms with E-state index >= 15 is 0 Å². The van der Waals surface area contributed by atoms with Crippen LogP contribution in [0.5, 0.6) is 0 Å². The number of anilines is 6. The molecular formula is C140H148N2. The SMILES string of the molecule is c1ccc(-c2cccc3c(N(c4cc(C5CCCCC5)cc(C5CCCCC5)c4)c4cc(C56CC7CC(CC(C7)C5)C6)cc(C56CC7CC(CC(C7)C5)C6)c4)c4c(-c5ccccc5)cccc4c(-c4c5cccc(-c6ccccc6)c5c(N(c5cc(C6CCCCC6)cc(C6CCCCC6)c5)c5cc(C67CC8CC(CC(C8)C6)C7)cc(C67CC8CC(CC(C8)C6)C7)c5)c5cccc(-c6ccccc6)c45)c23)cc1. The normalized spacial score (nSPS) is 30.3. The Bertz CT molecular complexity index is 6450. The van der Waals surface area contributed by atoms with Crippen molar-refractivity contribution < 1.29 is 0 Å². The Kier molecular flexibility index (Phi) is 21.3. The summed E-state index contributed by atoms with van der Waals surface area (Å²) in [7, 11) is 0. The highest BCUT2D eigenvalue weighted by Gasteiger charge is 2.58. The lowest BCUT2D eigenvalue weighted by Crippen LogP contribution is -2.50. The first-order valence-electron chi connectivity index (χ1n) is 58.5. The summed E-state index contributed by atoms with van der Waals surface area (Å²) in [5, 5.41) is 10.7. The minimum atomic E-state index is 0.164. The molecule has 0 atom stereocenters. The third-order valence-electron chi connectivity index (χ3n) is 43.0. The first-order chi connectivity index (χ1) is 70.0. The smallest absolute Gasteiger partial charge is 0.0625 e. The Morgan fingerprint density at radius 1 is 0.183 bits per heavy atom. The van der Waals surface area contributed by atoms with Gasteiger partial charge in [-0.15, -0.1) is 0 Å². The molecule has 14 aromatic rings. The fourth-order valence-electron chi connectivity index (χ4n) is 38.7. The van der Waals surface area contributed by atoms with Gasteiger partial charge in [-0.25, -0.2) is 0 Å². The molecule has 16 bridgehead atoms. The van der Waals surface area contributed by atoms with Crippen LogP contribution in [0.15, 0.2) is 267 Å². The summed E-state index contributed by atoms with van der Waals surface area (Å²) in [4.78, 5) is 6.20. The molecule has 20 saturated carbocycles. The molecular weight excluding hydrogens is 1710 g/mol. The zero-order chi connectivity index (χ0) is 93.1. The fourth-order valence-corrected chi connectivity index (χ4v) is 38.7. The van der Waals surface area contributed by atoms with Crippen molar-refractivity contribution >= 4 is 77.2 Å². The van der Waals surface area contributed by atoms with Gasteiger partial charge in [0.1, 0.15) is 0 Å². The highest BCUT2D eigenvalue weighted by molar-refractivity contribution is 6.36. The van der Waals surface area contributed by atoms with Crippen molar-refractivity contribution in [1.29, 1.82) is 0 Å². The van der Waals surface area contributed by atoms with E-state index in [4.69, 9.17) is 0 Å². The summed E-state index contributed by atoms with van der Waals surface area (Å²) >= 11 is 0. The van der Waals surface area contributed by atoms with E-state index in [0.717, 1.165) is 71.0 Å². The molecule has 0 N–H and O–H groups in total. The highest BCUT2D eigenvalue weighted by Crippen LogP contribution is 2.70. The average molecular weight is 1860 g/mol. The van der Waals surface area contributed by atoms with E-state index in [2.05, 4.69) is 277 Å². The van der Waals surface area contributed by atoms with Gasteiger partial charge in [0, 0.05) is 55.1 Å². The lowest BCUT2D eigenvalue weighted by atomic mass is 9.46. The van der Waals surface area contributed by atoms with Crippen LogP contribution in [-0.2, 0) is 21.7 Å². The maximum absolute atomic E-state index is 3.10. The number of hydrogen-bond donors (Lipinski definition) is 0. The van der Waals surface area contributed by atoms with Crippen molar-refractivity contribution in [1.82, 2.24) is 0 Å². The average Bonchev–Trinajstić information content (AvgIpc) is 0.684. The summed E-state index contributed by atoms with van der Waals surface area (Å²) in [6.07, 6.45) is 59.6. The molecule has 2 heteroatoms. The van der Waals surface area contributed by atoms with Crippen LogP contribution in [-0.4, -0.2) is 0 Å². The van der Waals surface area contributed by atoms with Gasteiger partial charge < -0.3 is 9.80 Å². The number of fused-ring (bicyclic) bond motifs is 4. The second-order valence-corrected chi connectivity index (χ2v) is 51.9. The Hall–Kier alpha value is -10.3. The van der Waals surface area contributed by atoms with Gasteiger partial charge in [0.05, 0.1) is 11.4 Å². The van der Waals surface area contributed by atoms with E-state index in [1.165, 1.54) is 415 Å². The van der Waals surface area contributed by atoms with Gasteiger partial charge >= 0.3 is 0 Å². The summed E-state index contributed by atoms with van der Waals surface area (Å²) in [5.41, 5.74) is 35.2. The number of benzene rings is 14. The van der Waals surface area contributed by atoms with Gasteiger partial charge in [0.15, 0.2) is 0 Å². The minimum absolute atomic E-state index is 0.164. The molecule has 0 unspecified atom stereocenters. The lowest BCUT2D eigenvalue weighted by Gasteiger charge is -2.58. The second kappa shape index (κ2) is 34.7. The molecule has 20 fully saturated rings. The van der Waals surface area contributed by atoms with Crippen LogP contribution in [0.2, 0.25) is 0 Å². The molecule has 718 valence electrons. The van der Waals surface area contributed by atoms with E-state index in [1.807, 2.05) is 0 Å². The molecule has 20 aliphatic rings. The molecule has 142 heavy (non-hydrogen) atoms. The van der Waals surface area contributed by atoms with Crippen LogP contribution in [0, 0.1) is 71.0 Å². The molecule has 0 amide bonds. The van der Waals surface area contributed by atoms with Crippen LogP contribution in [0.3, 0.4) is 0 Å². The zero-order valence-electron chi connectivity index (χ0n) is 84.6. The lowest BCUT2D eigenvalue weighted by molar-refractivity contribution is -0.00856. The molecule has 0 aromatic heterocycles. The number of rotatable bonds is 19. The predicted octanol–water partition coefficient (Wildman–Crippen LogP) is 39.6. The molecule has 14 aromatic carbocycles. The van der Waals surface area contributed by atoms with Gasteiger partial charge in [0.2, 0.25) is 0 Å². The molecule has 0 radical (unpaired) electrons. The van der Waals surface area contributed by atoms with Gasteiger partial charge in [-0.2, -0.15) is 0 Å².